The first-order valence-corrected chi connectivity index (χ1v) is 6.93. The number of alkyl halides is 3. The molecule has 0 saturated carbocycles. The number of amides is 1. The van der Waals surface area contributed by atoms with Gasteiger partial charge in [-0.1, -0.05) is 23.8 Å². The summed E-state index contributed by atoms with van der Waals surface area (Å²) in [4.78, 5) is 11.8. The van der Waals surface area contributed by atoms with Gasteiger partial charge in [0.1, 0.15) is 5.75 Å². The van der Waals surface area contributed by atoms with E-state index in [1.54, 1.807) is 6.07 Å². The zero-order chi connectivity index (χ0) is 17.0. The molecule has 122 valence electrons. The molecule has 3 nitrogen and oxygen atoms in total. The molecule has 0 unspecified atom stereocenters. The molecule has 2 rings (SSSR count). The minimum absolute atomic E-state index is 0.00407. The van der Waals surface area contributed by atoms with E-state index in [0.717, 1.165) is 23.3 Å². The minimum atomic E-state index is -4.44. The quantitative estimate of drug-likeness (QED) is 0.909. The van der Waals surface area contributed by atoms with Crippen molar-refractivity contribution in [3.8, 4) is 5.75 Å². The molecule has 0 bridgehead atoms. The Bertz CT molecular complexity index is 711. The van der Waals surface area contributed by atoms with Crippen LogP contribution in [0.25, 0.3) is 0 Å². The fourth-order valence-electron chi connectivity index (χ4n) is 2.05. The van der Waals surface area contributed by atoms with Crippen molar-refractivity contribution in [2.75, 3.05) is 11.9 Å². The second kappa shape index (κ2) is 6.73. The number of hydrogen-bond donors (Lipinski definition) is 1. The van der Waals surface area contributed by atoms with Crippen LogP contribution < -0.4 is 10.1 Å². The predicted molar refractivity (Wildman–Crippen MR) is 81.5 cm³/mol. The second-order valence-corrected chi connectivity index (χ2v) is 5.18. The number of benzene rings is 2. The summed E-state index contributed by atoms with van der Waals surface area (Å²) in [5.41, 5.74) is 1.80. The van der Waals surface area contributed by atoms with Crippen molar-refractivity contribution >= 4 is 11.6 Å². The Morgan fingerprint density at radius 2 is 1.87 bits per heavy atom. The highest BCUT2D eigenvalue weighted by atomic mass is 19.4. The van der Waals surface area contributed by atoms with E-state index in [1.165, 1.54) is 12.1 Å². The van der Waals surface area contributed by atoms with Crippen molar-refractivity contribution in [2.45, 2.75) is 20.0 Å². The molecule has 0 aliphatic carbocycles. The molecule has 1 N–H and O–H groups in total. The Kier molecular flexibility index (Phi) is 4.93. The van der Waals surface area contributed by atoms with E-state index in [4.69, 9.17) is 4.74 Å². The predicted octanol–water partition coefficient (Wildman–Crippen LogP) is 4.34. The molecule has 0 spiro atoms. The molecule has 0 aliphatic rings. The molecule has 0 heterocycles. The van der Waals surface area contributed by atoms with Crippen LogP contribution in [0.3, 0.4) is 0 Å². The number of carbonyl (C=O) groups is 1. The average molecular weight is 323 g/mol. The normalized spacial score (nSPS) is 11.2. The van der Waals surface area contributed by atoms with Gasteiger partial charge in [-0.3, -0.25) is 4.79 Å². The molecule has 0 aliphatic heterocycles. The van der Waals surface area contributed by atoms with Crippen molar-refractivity contribution in [1.29, 1.82) is 0 Å². The van der Waals surface area contributed by atoms with Crippen molar-refractivity contribution < 1.29 is 22.7 Å². The lowest BCUT2D eigenvalue weighted by Gasteiger charge is -2.11. The van der Waals surface area contributed by atoms with Crippen LogP contribution >= 0.6 is 0 Å². The summed E-state index contributed by atoms with van der Waals surface area (Å²) in [5, 5.41) is 2.67. The molecule has 0 radical (unpaired) electrons. The third-order valence-corrected chi connectivity index (χ3v) is 3.19. The summed E-state index contributed by atoms with van der Waals surface area (Å²) in [6, 6.07) is 9.97. The van der Waals surface area contributed by atoms with Gasteiger partial charge in [-0.25, -0.2) is 0 Å². The summed E-state index contributed by atoms with van der Waals surface area (Å²) >= 11 is 0. The van der Waals surface area contributed by atoms with Crippen LogP contribution in [0.2, 0.25) is 0 Å². The highest BCUT2D eigenvalue weighted by Crippen LogP contribution is 2.31. The molecule has 0 atom stereocenters. The van der Waals surface area contributed by atoms with Gasteiger partial charge in [0, 0.05) is 5.69 Å². The number of nitrogens with one attached hydrogen (secondary N) is 1. The summed E-state index contributed by atoms with van der Waals surface area (Å²) in [6.45, 7) is 3.43. The Labute approximate surface area is 132 Å². The molecule has 6 heteroatoms. The fraction of sp³-hybridized carbons (Fsp3) is 0.235. The van der Waals surface area contributed by atoms with Crippen LogP contribution in [0.15, 0.2) is 42.5 Å². The number of ether oxygens (including phenoxy) is 1. The zero-order valence-electron chi connectivity index (χ0n) is 12.7. The fourth-order valence-corrected chi connectivity index (χ4v) is 2.05. The van der Waals surface area contributed by atoms with Crippen LogP contribution in [-0.2, 0) is 11.0 Å². The van der Waals surface area contributed by atoms with Crippen molar-refractivity contribution in [2.24, 2.45) is 0 Å². The number of halogens is 3. The number of carbonyl (C=O) groups excluding carboxylic acids is 1. The monoisotopic (exact) mass is 323 g/mol. The maximum Gasteiger partial charge on any atom is 0.416 e. The smallest absolute Gasteiger partial charge is 0.416 e. The standard InChI is InChI=1S/C17H16F3NO2/c1-11-6-7-15(12(2)8-11)21-16(22)10-23-14-5-3-4-13(9-14)17(18,19)20/h3-9H,10H2,1-2H3,(H,21,22). The van der Waals surface area contributed by atoms with Gasteiger partial charge in [0.2, 0.25) is 0 Å². The van der Waals surface area contributed by atoms with Gasteiger partial charge in [0.25, 0.3) is 5.91 Å². The first-order chi connectivity index (χ1) is 10.8. The Morgan fingerprint density at radius 3 is 2.52 bits per heavy atom. The third kappa shape index (κ3) is 4.74. The summed E-state index contributed by atoms with van der Waals surface area (Å²) < 4.78 is 42.9. The van der Waals surface area contributed by atoms with Gasteiger partial charge in [-0.15, -0.1) is 0 Å². The lowest BCUT2D eigenvalue weighted by molar-refractivity contribution is -0.137. The molecule has 2 aromatic rings. The molecule has 0 aromatic heterocycles. The van der Waals surface area contributed by atoms with Gasteiger partial charge in [-0.2, -0.15) is 13.2 Å². The first-order valence-electron chi connectivity index (χ1n) is 6.93. The number of hydrogen-bond acceptors (Lipinski definition) is 2. The lowest BCUT2D eigenvalue weighted by Crippen LogP contribution is -2.20. The van der Waals surface area contributed by atoms with Gasteiger partial charge >= 0.3 is 6.18 Å². The topological polar surface area (TPSA) is 38.3 Å². The Morgan fingerprint density at radius 1 is 1.13 bits per heavy atom. The van der Waals surface area contributed by atoms with Gasteiger partial charge in [0.05, 0.1) is 5.56 Å². The first kappa shape index (κ1) is 16.9. The largest absolute Gasteiger partial charge is 0.484 e. The maximum absolute atomic E-state index is 12.6. The van der Waals surface area contributed by atoms with Crippen LogP contribution in [0.5, 0.6) is 5.75 Å². The SMILES string of the molecule is Cc1ccc(NC(=O)COc2cccc(C(F)(F)F)c2)c(C)c1. The minimum Gasteiger partial charge on any atom is -0.484 e. The second-order valence-electron chi connectivity index (χ2n) is 5.18. The number of anilines is 1. The highest BCUT2D eigenvalue weighted by Gasteiger charge is 2.30. The Hall–Kier alpha value is -2.50. The third-order valence-electron chi connectivity index (χ3n) is 3.19. The molecule has 0 saturated heterocycles. The summed E-state index contributed by atoms with van der Waals surface area (Å²) in [5.74, 6) is -0.440. The number of rotatable bonds is 4. The van der Waals surface area contributed by atoms with Crippen molar-refractivity contribution in [3.63, 3.8) is 0 Å². The van der Waals surface area contributed by atoms with E-state index in [0.29, 0.717) is 5.69 Å². The summed E-state index contributed by atoms with van der Waals surface area (Å²) in [6.07, 6.45) is -4.44. The van der Waals surface area contributed by atoms with Crippen LogP contribution in [0.4, 0.5) is 18.9 Å². The zero-order valence-corrected chi connectivity index (χ0v) is 12.7. The molecular weight excluding hydrogens is 307 g/mol. The van der Waals surface area contributed by atoms with Crippen molar-refractivity contribution in [1.82, 2.24) is 0 Å². The van der Waals surface area contributed by atoms with Crippen LogP contribution in [0.1, 0.15) is 16.7 Å². The van der Waals surface area contributed by atoms with E-state index in [1.807, 2.05) is 26.0 Å². The number of aryl methyl sites for hydroxylation is 2. The van der Waals surface area contributed by atoms with Crippen molar-refractivity contribution in [3.05, 3.63) is 59.2 Å². The Balaban J connectivity index is 1.97. The van der Waals surface area contributed by atoms with E-state index in [9.17, 15) is 18.0 Å². The van der Waals surface area contributed by atoms with Crippen LogP contribution in [-0.4, -0.2) is 12.5 Å². The van der Waals surface area contributed by atoms with E-state index < -0.39 is 17.6 Å². The van der Waals surface area contributed by atoms with Gasteiger partial charge in [-0.05, 0) is 43.7 Å². The lowest BCUT2D eigenvalue weighted by atomic mass is 10.1. The summed E-state index contributed by atoms with van der Waals surface area (Å²) in [7, 11) is 0. The maximum atomic E-state index is 12.6. The van der Waals surface area contributed by atoms with Gasteiger partial charge in [0.15, 0.2) is 6.61 Å². The molecule has 0 fully saturated rings. The van der Waals surface area contributed by atoms with E-state index in [2.05, 4.69) is 5.32 Å². The van der Waals surface area contributed by atoms with Gasteiger partial charge < -0.3 is 10.1 Å². The molecule has 23 heavy (non-hydrogen) atoms. The van der Waals surface area contributed by atoms with Crippen LogP contribution in [0, 0.1) is 13.8 Å². The molecule has 1 amide bonds. The van der Waals surface area contributed by atoms with E-state index >= 15 is 0 Å². The molecular formula is C17H16F3NO2. The molecule has 2 aromatic carbocycles. The average Bonchev–Trinajstić information content (AvgIpc) is 2.47. The highest BCUT2D eigenvalue weighted by molar-refractivity contribution is 5.92. The van der Waals surface area contributed by atoms with E-state index in [-0.39, 0.29) is 12.4 Å².